The van der Waals surface area contributed by atoms with E-state index in [0.717, 1.165) is 0 Å². The van der Waals surface area contributed by atoms with Crippen molar-refractivity contribution in [1.29, 1.82) is 0 Å². The molecule has 0 saturated carbocycles. The van der Waals surface area contributed by atoms with Crippen molar-refractivity contribution < 1.29 is 0 Å². The molecule has 0 N–H and O–H groups in total. The van der Waals surface area contributed by atoms with Crippen LogP contribution in [0.5, 0.6) is 0 Å². The van der Waals surface area contributed by atoms with Gasteiger partial charge in [-0.1, -0.05) is 65.7 Å². The van der Waals surface area contributed by atoms with E-state index in [2.05, 4.69) is 75.4 Å². The van der Waals surface area contributed by atoms with E-state index in [9.17, 15) is 0 Å². The molecule has 0 bridgehead atoms. The standard InChI is InChI=1S/C18H18/c1-13-8-10-16(11-9-13)18(3)14(2)12-15-6-4-5-7-17(15)18/h4-12H,1-3H3. The first kappa shape index (κ1) is 11.3. The molecule has 2 aromatic rings. The summed E-state index contributed by atoms with van der Waals surface area (Å²) in [6, 6.07) is 17.6. The monoisotopic (exact) mass is 234 g/mol. The first-order valence-corrected chi connectivity index (χ1v) is 6.48. The summed E-state index contributed by atoms with van der Waals surface area (Å²) >= 11 is 0. The van der Waals surface area contributed by atoms with Gasteiger partial charge >= 0.3 is 0 Å². The molecule has 18 heavy (non-hydrogen) atoms. The zero-order valence-corrected chi connectivity index (χ0v) is 11.2. The molecule has 0 heterocycles. The Hall–Kier alpha value is -1.82. The number of hydrogen-bond acceptors (Lipinski definition) is 0. The van der Waals surface area contributed by atoms with E-state index in [1.165, 1.54) is 27.8 Å². The predicted molar refractivity (Wildman–Crippen MR) is 77.7 cm³/mol. The normalized spacial score (nSPS) is 21.6. The quantitative estimate of drug-likeness (QED) is 0.670. The Labute approximate surface area is 109 Å². The summed E-state index contributed by atoms with van der Waals surface area (Å²) in [7, 11) is 0. The second kappa shape index (κ2) is 3.84. The minimum Gasteiger partial charge on any atom is -0.0619 e. The zero-order valence-electron chi connectivity index (χ0n) is 11.2. The molecule has 0 amide bonds. The van der Waals surface area contributed by atoms with Gasteiger partial charge in [-0.05, 0) is 37.5 Å². The molecule has 0 aliphatic heterocycles. The van der Waals surface area contributed by atoms with Gasteiger partial charge in [0.05, 0.1) is 0 Å². The minimum atomic E-state index is 0.0320. The van der Waals surface area contributed by atoms with E-state index in [0.29, 0.717) is 0 Å². The maximum Gasteiger partial charge on any atom is 0.0389 e. The van der Waals surface area contributed by atoms with E-state index in [-0.39, 0.29) is 5.41 Å². The third-order valence-corrected chi connectivity index (χ3v) is 4.29. The lowest BCUT2D eigenvalue weighted by molar-refractivity contribution is 0.691. The number of hydrogen-bond donors (Lipinski definition) is 0. The van der Waals surface area contributed by atoms with E-state index in [1.807, 2.05) is 0 Å². The van der Waals surface area contributed by atoms with Crippen LogP contribution in [-0.4, -0.2) is 0 Å². The Morgan fingerprint density at radius 1 is 0.833 bits per heavy atom. The van der Waals surface area contributed by atoms with Crippen LogP contribution >= 0.6 is 0 Å². The number of rotatable bonds is 1. The van der Waals surface area contributed by atoms with E-state index < -0.39 is 0 Å². The van der Waals surface area contributed by atoms with Gasteiger partial charge in [-0.3, -0.25) is 0 Å². The largest absolute Gasteiger partial charge is 0.0619 e. The lowest BCUT2D eigenvalue weighted by Gasteiger charge is -2.29. The number of benzene rings is 2. The fraction of sp³-hybridized carbons (Fsp3) is 0.222. The van der Waals surface area contributed by atoms with Gasteiger partial charge in [-0.25, -0.2) is 0 Å². The maximum atomic E-state index is 2.33. The van der Waals surface area contributed by atoms with E-state index >= 15 is 0 Å². The van der Waals surface area contributed by atoms with Crippen LogP contribution in [0.2, 0.25) is 0 Å². The van der Waals surface area contributed by atoms with Crippen LogP contribution in [-0.2, 0) is 5.41 Å². The fourth-order valence-electron chi connectivity index (χ4n) is 2.94. The Kier molecular flexibility index (Phi) is 2.41. The Morgan fingerprint density at radius 2 is 1.50 bits per heavy atom. The van der Waals surface area contributed by atoms with Crippen LogP contribution in [0, 0.1) is 6.92 Å². The van der Waals surface area contributed by atoms with Gasteiger partial charge in [0, 0.05) is 5.41 Å². The Morgan fingerprint density at radius 3 is 2.22 bits per heavy atom. The van der Waals surface area contributed by atoms with Gasteiger partial charge in [-0.2, -0.15) is 0 Å². The summed E-state index contributed by atoms with van der Waals surface area (Å²) in [5, 5.41) is 0. The molecule has 1 aliphatic carbocycles. The van der Waals surface area contributed by atoms with Crippen molar-refractivity contribution in [1.82, 2.24) is 0 Å². The van der Waals surface area contributed by atoms with Crippen molar-refractivity contribution in [2.24, 2.45) is 0 Å². The number of allylic oxidation sites excluding steroid dienone is 1. The summed E-state index contributed by atoms with van der Waals surface area (Å²) in [6.07, 6.45) is 2.31. The smallest absolute Gasteiger partial charge is 0.0389 e. The van der Waals surface area contributed by atoms with Gasteiger partial charge in [0.15, 0.2) is 0 Å². The summed E-state index contributed by atoms with van der Waals surface area (Å²) in [5.41, 5.74) is 6.93. The molecule has 3 rings (SSSR count). The predicted octanol–water partition coefficient (Wildman–Crippen LogP) is 4.72. The molecule has 1 aliphatic rings. The molecular weight excluding hydrogens is 216 g/mol. The molecule has 0 saturated heterocycles. The van der Waals surface area contributed by atoms with E-state index in [1.54, 1.807) is 0 Å². The first-order valence-electron chi connectivity index (χ1n) is 6.48. The van der Waals surface area contributed by atoms with Gasteiger partial charge in [0.25, 0.3) is 0 Å². The van der Waals surface area contributed by atoms with Crippen molar-refractivity contribution >= 4 is 6.08 Å². The molecule has 0 heteroatoms. The summed E-state index contributed by atoms with van der Waals surface area (Å²) in [4.78, 5) is 0. The topological polar surface area (TPSA) is 0 Å². The highest BCUT2D eigenvalue weighted by Crippen LogP contribution is 2.45. The van der Waals surface area contributed by atoms with Crippen molar-refractivity contribution in [3.63, 3.8) is 0 Å². The van der Waals surface area contributed by atoms with Crippen LogP contribution in [0.4, 0.5) is 0 Å². The van der Waals surface area contributed by atoms with Gasteiger partial charge in [-0.15, -0.1) is 0 Å². The number of fused-ring (bicyclic) bond motifs is 1. The first-order chi connectivity index (χ1) is 8.62. The maximum absolute atomic E-state index is 2.33. The highest BCUT2D eigenvalue weighted by molar-refractivity contribution is 5.72. The third-order valence-electron chi connectivity index (χ3n) is 4.29. The van der Waals surface area contributed by atoms with Crippen LogP contribution in [0.1, 0.15) is 36.1 Å². The molecule has 1 unspecified atom stereocenters. The second-order valence-corrected chi connectivity index (χ2v) is 5.41. The van der Waals surface area contributed by atoms with E-state index in [4.69, 9.17) is 0 Å². The average molecular weight is 234 g/mol. The molecule has 0 aromatic heterocycles. The molecule has 2 aromatic carbocycles. The van der Waals surface area contributed by atoms with Crippen molar-refractivity contribution in [3.05, 3.63) is 76.4 Å². The lowest BCUT2D eigenvalue weighted by Crippen LogP contribution is -2.22. The molecule has 90 valence electrons. The van der Waals surface area contributed by atoms with Crippen LogP contribution in [0.3, 0.4) is 0 Å². The summed E-state index contributed by atoms with van der Waals surface area (Å²) < 4.78 is 0. The Bertz CT molecular complexity index is 617. The van der Waals surface area contributed by atoms with Crippen molar-refractivity contribution in [3.8, 4) is 0 Å². The zero-order chi connectivity index (χ0) is 12.8. The summed E-state index contributed by atoms with van der Waals surface area (Å²) in [5.74, 6) is 0. The highest BCUT2D eigenvalue weighted by Gasteiger charge is 2.36. The SMILES string of the molecule is CC1=Cc2ccccc2C1(C)c1ccc(C)cc1. The molecule has 0 radical (unpaired) electrons. The molecular formula is C18H18. The molecule has 0 spiro atoms. The van der Waals surface area contributed by atoms with Gasteiger partial charge < -0.3 is 0 Å². The molecule has 1 atom stereocenters. The lowest BCUT2D eigenvalue weighted by atomic mass is 9.74. The van der Waals surface area contributed by atoms with Crippen molar-refractivity contribution in [2.45, 2.75) is 26.2 Å². The molecule has 0 nitrogen and oxygen atoms in total. The highest BCUT2D eigenvalue weighted by atomic mass is 14.4. The van der Waals surface area contributed by atoms with Crippen LogP contribution < -0.4 is 0 Å². The minimum absolute atomic E-state index is 0.0320. The Balaban J connectivity index is 2.21. The van der Waals surface area contributed by atoms with Gasteiger partial charge in [0.2, 0.25) is 0 Å². The fourth-order valence-corrected chi connectivity index (χ4v) is 2.94. The third kappa shape index (κ3) is 1.45. The number of aryl methyl sites for hydroxylation is 1. The van der Waals surface area contributed by atoms with Crippen LogP contribution in [0.15, 0.2) is 54.1 Å². The summed E-state index contributed by atoms with van der Waals surface area (Å²) in [6.45, 7) is 6.70. The average Bonchev–Trinajstić information content (AvgIpc) is 2.64. The van der Waals surface area contributed by atoms with Gasteiger partial charge in [0.1, 0.15) is 0 Å². The van der Waals surface area contributed by atoms with Crippen LogP contribution in [0.25, 0.3) is 6.08 Å². The van der Waals surface area contributed by atoms with Crippen molar-refractivity contribution in [2.75, 3.05) is 0 Å². The second-order valence-electron chi connectivity index (χ2n) is 5.41. The molecule has 0 fully saturated rings.